The fraction of sp³-hybridized carbons (Fsp3) is 0.533. The molecule has 21 heavy (non-hydrogen) atoms. The Morgan fingerprint density at radius 2 is 1.76 bits per heavy atom. The highest BCUT2D eigenvalue weighted by Gasteiger charge is 2.25. The highest BCUT2D eigenvalue weighted by Crippen LogP contribution is 2.21. The average Bonchev–Trinajstić information content (AvgIpc) is 2.48. The molecule has 0 heterocycles. The first-order valence-electron chi connectivity index (χ1n) is 7.23. The zero-order valence-electron chi connectivity index (χ0n) is 12.4. The SMILES string of the molecule is CNC1CCC(NS(=O)(=O)c2cccc(C(C)=O)c2)CC1. The van der Waals surface area contributed by atoms with Crippen molar-refractivity contribution in [1.82, 2.24) is 10.0 Å². The molecule has 5 nitrogen and oxygen atoms in total. The van der Waals surface area contributed by atoms with Crippen LogP contribution in [0, 0.1) is 0 Å². The second kappa shape index (κ2) is 6.68. The number of benzene rings is 1. The molecule has 1 aromatic rings. The minimum atomic E-state index is -3.56. The first kappa shape index (κ1) is 16.1. The Hall–Kier alpha value is -1.24. The molecule has 1 aromatic carbocycles. The first-order valence-corrected chi connectivity index (χ1v) is 8.71. The molecule has 2 N–H and O–H groups in total. The summed E-state index contributed by atoms with van der Waals surface area (Å²) in [6.07, 6.45) is 3.60. The molecule has 0 bridgehead atoms. The van der Waals surface area contributed by atoms with E-state index in [1.807, 2.05) is 7.05 Å². The third kappa shape index (κ3) is 4.12. The van der Waals surface area contributed by atoms with E-state index in [2.05, 4.69) is 10.0 Å². The van der Waals surface area contributed by atoms with Gasteiger partial charge in [-0.05, 0) is 51.8 Å². The molecule has 0 radical (unpaired) electrons. The number of rotatable bonds is 5. The third-order valence-corrected chi connectivity index (χ3v) is 5.53. The minimum Gasteiger partial charge on any atom is -0.317 e. The van der Waals surface area contributed by atoms with Crippen molar-refractivity contribution in [3.05, 3.63) is 29.8 Å². The molecule has 6 heteroatoms. The standard InChI is InChI=1S/C15H22N2O3S/c1-11(18)12-4-3-5-15(10-12)21(19,20)17-14-8-6-13(16-2)7-9-14/h3-5,10,13-14,16-17H,6-9H2,1-2H3. The third-order valence-electron chi connectivity index (χ3n) is 4.01. The van der Waals surface area contributed by atoms with Crippen LogP contribution in [-0.4, -0.2) is 33.3 Å². The van der Waals surface area contributed by atoms with Gasteiger partial charge in [0, 0.05) is 17.6 Å². The van der Waals surface area contributed by atoms with Gasteiger partial charge in [0.15, 0.2) is 5.78 Å². The van der Waals surface area contributed by atoms with Crippen LogP contribution in [-0.2, 0) is 10.0 Å². The average molecular weight is 310 g/mol. The van der Waals surface area contributed by atoms with Crippen LogP contribution in [0.5, 0.6) is 0 Å². The summed E-state index contributed by atoms with van der Waals surface area (Å²) in [5.41, 5.74) is 0.414. The molecule has 1 saturated carbocycles. The van der Waals surface area contributed by atoms with Crippen LogP contribution in [0.25, 0.3) is 0 Å². The van der Waals surface area contributed by atoms with Crippen molar-refractivity contribution in [2.75, 3.05) is 7.05 Å². The molecule has 1 fully saturated rings. The summed E-state index contributed by atoms with van der Waals surface area (Å²) in [6.45, 7) is 1.43. The maximum atomic E-state index is 12.4. The van der Waals surface area contributed by atoms with Gasteiger partial charge in [0.05, 0.1) is 4.90 Å². The summed E-state index contributed by atoms with van der Waals surface area (Å²) in [5.74, 6) is -0.137. The fourth-order valence-electron chi connectivity index (χ4n) is 2.67. The van der Waals surface area contributed by atoms with Crippen molar-refractivity contribution in [3.63, 3.8) is 0 Å². The van der Waals surface area contributed by atoms with E-state index in [9.17, 15) is 13.2 Å². The van der Waals surface area contributed by atoms with Crippen molar-refractivity contribution in [2.45, 2.75) is 49.6 Å². The lowest BCUT2D eigenvalue weighted by Gasteiger charge is -2.28. The quantitative estimate of drug-likeness (QED) is 0.812. The smallest absolute Gasteiger partial charge is 0.240 e. The number of nitrogens with one attached hydrogen (secondary N) is 2. The van der Waals surface area contributed by atoms with E-state index >= 15 is 0 Å². The Labute approximate surface area is 126 Å². The Morgan fingerprint density at radius 3 is 2.33 bits per heavy atom. The molecule has 0 amide bonds. The number of hydrogen-bond acceptors (Lipinski definition) is 4. The number of hydrogen-bond donors (Lipinski definition) is 2. The van der Waals surface area contributed by atoms with E-state index < -0.39 is 10.0 Å². The van der Waals surface area contributed by atoms with E-state index in [1.54, 1.807) is 12.1 Å². The van der Waals surface area contributed by atoms with E-state index in [1.165, 1.54) is 19.1 Å². The Morgan fingerprint density at radius 1 is 1.14 bits per heavy atom. The van der Waals surface area contributed by atoms with Gasteiger partial charge >= 0.3 is 0 Å². The zero-order chi connectivity index (χ0) is 15.5. The second-order valence-corrected chi connectivity index (χ2v) is 7.26. The van der Waals surface area contributed by atoms with Crippen molar-refractivity contribution < 1.29 is 13.2 Å². The molecule has 1 aliphatic rings. The van der Waals surface area contributed by atoms with Crippen LogP contribution >= 0.6 is 0 Å². The van der Waals surface area contributed by atoms with Gasteiger partial charge < -0.3 is 5.32 Å². The topological polar surface area (TPSA) is 75.3 Å². The molecule has 116 valence electrons. The molecule has 0 atom stereocenters. The summed E-state index contributed by atoms with van der Waals surface area (Å²) in [5, 5.41) is 3.22. The fourth-order valence-corrected chi connectivity index (χ4v) is 4.02. The Balaban J connectivity index is 2.08. The summed E-state index contributed by atoms with van der Waals surface area (Å²) in [7, 11) is -1.63. The van der Waals surface area contributed by atoms with Gasteiger partial charge in [-0.3, -0.25) is 4.79 Å². The summed E-state index contributed by atoms with van der Waals surface area (Å²) in [4.78, 5) is 11.5. The number of ketones is 1. The molecule has 1 aliphatic carbocycles. The predicted molar refractivity (Wildman–Crippen MR) is 81.9 cm³/mol. The Kier molecular flexibility index (Phi) is 5.13. The molecule has 0 saturated heterocycles. The molecular formula is C15H22N2O3S. The van der Waals surface area contributed by atoms with Gasteiger partial charge in [-0.15, -0.1) is 0 Å². The van der Waals surface area contributed by atoms with E-state index in [0.29, 0.717) is 11.6 Å². The predicted octanol–water partition coefficient (Wildman–Crippen LogP) is 1.70. The zero-order valence-corrected chi connectivity index (χ0v) is 13.2. The number of carbonyl (C=O) groups is 1. The number of sulfonamides is 1. The lowest BCUT2D eigenvalue weighted by molar-refractivity contribution is 0.101. The van der Waals surface area contributed by atoms with Gasteiger partial charge in [0.2, 0.25) is 10.0 Å². The van der Waals surface area contributed by atoms with E-state index in [-0.39, 0.29) is 16.7 Å². The van der Waals surface area contributed by atoms with Crippen molar-refractivity contribution in [3.8, 4) is 0 Å². The van der Waals surface area contributed by atoms with Crippen LogP contribution in [0.2, 0.25) is 0 Å². The number of Topliss-reactive ketones (excluding diaryl/α,β-unsaturated/α-hetero) is 1. The first-order chi connectivity index (χ1) is 9.92. The lowest BCUT2D eigenvalue weighted by atomic mass is 9.92. The van der Waals surface area contributed by atoms with Gasteiger partial charge in [-0.1, -0.05) is 12.1 Å². The molecule has 0 spiro atoms. The molecule has 0 aliphatic heterocycles. The minimum absolute atomic E-state index is 0.0272. The summed E-state index contributed by atoms with van der Waals surface area (Å²) >= 11 is 0. The van der Waals surface area contributed by atoms with Crippen LogP contribution in [0.3, 0.4) is 0 Å². The van der Waals surface area contributed by atoms with Crippen molar-refractivity contribution in [1.29, 1.82) is 0 Å². The van der Waals surface area contributed by atoms with Crippen LogP contribution in [0.1, 0.15) is 43.0 Å². The molecule has 0 aromatic heterocycles. The van der Waals surface area contributed by atoms with Gasteiger partial charge in [0.1, 0.15) is 0 Å². The van der Waals surface area contributed by atoms with E-state index in [0.717, 1.165) is 25.7 Å². The maximum absolute atomic E-state index is 12.4. The largest absolute Gasteiger partial charge is 0.317 e. The summed E-state index contributed by atoms with van der Waals surface area (Å²) in [6, 6.07) is 6.63. The maximum Gasteiger partial charge on any atom is 0.240 e. The second-order valence-electron chi connectivity index (χ2n) is 5.54. The van der Waals surface area contributed by atoms with Crippen LogP contribution in [0.15, 0.2) is 29.2 Å². The normalized spacial score (nSPS) is 23.0. The highest BCUT2D eigenvalue weighted by molar-refractivity contribution is 7.89. The highest BCUT2D eigenvalue weighted by atomic mass is 32.2. The van der Waals surface area contributed by atoms with Crippen LogP contribution < -0.4 is 10.0 Å². The van der Waals surface area contributed by atoms with E-state index in [4.69, 9.17) is 0 Å². The molecule has 0 unspecified atom stereocenters. The Bertz CT molecular complexity index is 605. The van der Waals surface area contributed by atoms with Crippen molar-refractivity contribution >= 4 is 15.8 Å². The lowest BCUT2D eigenvalue weighted by Crippen LogP contribution is -2.41. The van der Waals surface area contributed by atoms with Gasteiger partial charge in [-0.2, -0.15) is 0 Å². The van der Waals surface area contributed by atoms with Gasteiger partial charge in [0.25, 0.3) is 0 Å². The monoisotopic (exact) mass is 310 g/mol. The van der Waals surface area contributed by atoms with Gasteiger partial charge in [-0.25, -0.2) is 13.1 Å². The van der Waals surface area contributed by atoms with Crippen molar-refractivity contribution in [2.24, 2.45) is 0 Å². The van der Waals surface area contributed by atoms with Crippen LogP contribution in [0.4, 0.5) is 0 Å². The molecule has 2 rings (SSSR count). The molecular weight excluding hydrogens is 288 g/mol. The number of carbonyl (C=O) groups excluding carboxylic acids is 1. The summed E-state index contributed by atoms with van der Waals surface area (Å²) < 4.78 is 27.5.